The topological polar surface area (TPSA) is 0 Å². The Hall–Kier alpha value is -1.41. The molecule has 0 aliphatic carbocycles. The SMILES string of the molecule is Cc1ccccc1CC(Cl)c1ccc(F)c(F)c1. The van der Waals surface area contributed by atoms with E-state index in [1.54, 1.807) is 0 Å². The third kappa shape index (κ3) is 2.88. The van der Waals surface area contributed by atoms with Crippen molar-refractivity contribution in [3.05, 3.63) is 70.8 Å². The fourth-order valence-electron chi connectivity index (χ4n) is 1.86. The van der Waals surface area contributed by atoms with Crippen molar-refractivity contribution in [2.45, 2.75) is 18.7 Å². The molecule has 1 unspecified atom stereocenters. The van der Waals surface area contributed by atoms with Crippen LogP contribution < -0.4 is 0 Å². The van der Waals surface area contributed by atoms with Crippen molar-refractivity contribution in [1.82, 2.24) is 0 Å². The lowest BCUT2D eigenvalue weighted by Gasteiger charge is -2.12. The molecule has 0 aliphatic heterocycles. The second-order valence-electron chi connectivity index (χ2n) is 4.27. The van der Waals surface area contributed by atoms with Crippen LogP contribution in [0, 0.1) is 18.6 Å². The second-order valence-corrected chi connectivity index (χ2v) is 4.80. The van der Waals surface area contributed by atoms with Gasteiger partial charge in [-0.15, -0.1) is 11.6 Å². The van der Waals surface area contributed by atoms with Gasteiger partial charge in [0, 0.05) is 0 Å². The number of rotatable bonds is 3. The second kappa shape index (κ2) is 5.49. The van der Waals surface area contributed by atoms with Gasteiger partial charge in [0.15, 0.2) is 11.6 Å². The Morgan fingerprint density at radius 2 is 1.78 bits per heavy atom. The summed E-state index contributed by atoms with van der Waals surface area (Å²) in [4.78, 5) is 0. The first-order valence-corrected chi connectivity index (χ1v) is 6.15. The van der Waals surface area contributed by atoms with Crippen molar-refractivity contribution in [1.29, 1.82) is 0 Å². The molecule has 0 nitrogen and oxygen atoms in total. The molecular weight excluding hydrogens is 254 g/mol. The molecule has 1 atom stereocenters. The van der Waals surface area contributed by atoms with Crippen LogP contribution in [-0.2, 0) is 6.42 Å². The molecule has 18 heavy (non-hydrogen) atoms. The molecule has 94 valence electrons. The predicted octanol–water partition coefficient (Wildman–Crippen LogP) is 4.80. The lowest BCUT2D eigenvalue weighted by molar-refractivity contribution is 0.507. The zero-order valence-corrected chi connectivity index (χ0v) is 10.7. The maximum Gasteiger partial charge on any atom is 0.159 e. The van der Waals surface area contributed by atoms with Gasteiger partial charge in [-0.3, -0.25) is 0 Å². The smallest absolute Gasteiger partial charge is 0.159 e. The minimum Gasteiger partial charge on any atom is -0.204 e. The highest BCUT2D eigenvalue weighted by atomic mass is 35.5. The van der Waals surface area contributed by atoms with Crippen molar-refractivity contribution in [2.75, 3.05) is 0 Å². The Kier molecular flexibility index (Phi) is 3.97. The summed E-state index contributed by atoms with van der Waals surface area (Å²) in [6.07, 6.45) is 0.597. The van der Waals surface area contributed by atoms with E-state index in [2.05, 4.69) is 0 Å². The van der Waals surface area contributed by atoms with Crippen molar-refractivity contribution in [2.24, 2.45) is 0 Å². The van der Waals surface area contributed by atoms with E-state index in [0.717, 1.165) is 23.3 Å². The van der Waals surface area contributed by atoms with E-state index >= 15 is 0 Å². The molecule has 0 aliphatic rings. The molecule has 3 heteroatoms. The monoisotopic (exact) mass is 266 g/mol. The van der Waals surface area contributed by atoms with Crippen LogP contribution in [0.15, 0.2) is 42.5 Å². The van der Waals surface area contributed by atoms with Crippen molar-refractivity contribution >= 4 is 11.6 Å². The fraction of sp³-hybridized carbons (Fsp3) is 0.200. The summed E-state index contributed by atoms with van der Waals surface area (Å²) in [5, 5.41) is -0.360. The van der Waals surface area contributed by atoms with Gasteiger partial charge < -0.3 is 0 Å². The minimum absolute atomic E-state index is 0.360. The van der Waals surface area contributed by atoms with E-state index in [4.69, 9.17) is 11.6 Å². The highest BCUT2D eigenvalue weighted by molar-refractivity contribution is 6.20. The average Bonchev–Trinajstić information content (AvgIpc) is 2.35. The Labute approximate surface area is 110 Å². The van der Waals surface area contributed by atoms with Crippen molar-refractivity contribution in [3.8, 4) is 0 Å². The van der Waals surface area contributed by atoms with Gasteiger partial charge in [0.2, 0.25) is 0 Å². The summed E-state index contributed by atoms with van der Waals surface area (Å²) in [6, 6.07) is 11.7. The average molecular weight is 267 g/mol. The number of aryl methyl sites for hydroxylation is 1. The molecule has 0 radical (unpaired) electrons. The molecule has 0 aromatic heterocycles. The molecule has 0 N–H and O–H groups in total. The summed E-state index contributed by atoms with van der Waals surface area (Å²) in [5.74, 6) is -1.71. The van der Waals surface area contributed by atoms with E-state index in [1.165, 1.54) is 6.07 Å². The molecular formula is C15H13ClF2. The molecule has 2 rings (SSSR count). The molecule has 0 spiro atoms. The van der Waals surface area contributed by atoms with E-state index in [9.17, 15) is 8.78 Å². The van der Waals surface area contributed by atoms with Gasteiger partial charge in [-0.25, -0.2) is 8.78 Å². The fourth-order valence-corrected chi connectivity index (χ4v) is 2.16. The van der Waals surface area contributed by atoms with Crippen LogP contribution in [0.5, 0.6) is 0 Å². The molecule has 0 fully saturated rings. The van der Waals surface area contributed by atoms with Gasteiger partial charge in [0.1, 0.15) is 0 Å². The van der Waals surface area contributed by atoms with Gasteiger partial charge in [-0.05, 0) is 42.2 Å². The predicted molar refractivity (Wildman–Crippen MR) is 69.8 cm³/mol. The summed E-state index contributed by atoms with van der Waals surface area (Å²) in [5.41, 5.74) is 2.85. The van der Waals surface area contributed by atoms with E-state index in [1.807, 2.05) is 31.2 Å². The number of halogens is 3. The highest BCUT2D eigenvalue weighted by Gasteiger charge is 2.12. The van der Waals surface area contributed by atoms with Crippen LogP contribution in [0.1, 0.15) is 22.1 Å². The van der Waals surface area contributed by atoms with Crippen LogP contribution in [0.4, 0.5) is 8.78 Å². The van der Waals surface area contributed by atoms with Gasteiger partial charge >= 0.3 is 0 Å². The normalized spacial score (nSPS) is 12.4. The zero-order chi connectivity index (χ0) is 13.1. The van der Waals surface area contributed by atoms with Crippen LogP contribution in [-0.4, -0.2) is 0 Å². The quantitative estimate of drug-likeness (QED) is 0.701. The summed E-state index contributed by atoms with van der Waals surface area (Å²) in [7, 11) is 0. The Morgan fingerprint density at radius 1 is 1.06 bits per heavy atom. The summed E-state index contributed by atoms with van der Waals surface area (Å²) < 4.78 is 26.0. The number of alkyl halides is 1. The maximum atomic E-state index is 13.1. The maximum absolute atomic E-state index is 13.1. The molecule has 2 aromatic rings. The van der Waals surface area contributed by atoms with Crippen molar-refractivity contribution in [3.63, 3.8) is 0 Å². The lowest BCUT2D eigenvalue weighted by Crippen LogP contribution is -1.99. The largest absolute Gasteiger partial charge is 0.204 e. The number of hydrogen-bond acceptors (Lipinski definition) is 0. The Morgan fingerprint density at radius 3 is 2.44 bits per heavy atom. The summed E-state index contributed by atoms with van der Waals surface area (Å²) in [6.45, 7) is 2.00. The third-order valence-electron chi connectivity index (χ3n) is 2.97. The van der Waals surface area contributed by atoms with E-state index in [-0.39, 0.29) is 5.38 Å². The zero-order valence-electron chi connectivity index (χ0n) is 9.96. The van der Waals surface area contributed by atoms with Crippen LogP contribution in [0.2, 0.25) is 0 Å². The first kappa shape index (κ1) is 13.0. The van der Waals surface area contributed by atoms with Gasteiger partial charge in [0.05, 0.1) is 5.38 Å². The highest BCUT2D eigenvalue weighted by Crippen LogP contribution is 2.27. The molecule has 0 heterocycles. The number of benzene rings is 2. The Bertz CT molecular complexity index is 552. The third-order valence-corrected chi connectivity index (χ3v) is 3.37. The van der Waals surface area contributed by atoms with Gasteiger partial charge in [-0.1, -0.05) is 30.3 Å². The van der Waals surface area contributed by atoms with Crippen molar-refractivity contribution < 1.29 is 8.78 Å². The van der Waals surface area contributed by atoms with Gasteiger partial charge in [0.25, 0.3) is 0 Å². The standard InChI is InChI=1S/C15H13ClF2/c1-10-4-2-3-5-11(10)8-13(16)12-6-7-14(17)15(18)9-12/h2-7,9,13H,8H2,1H3. The summed E-state index contributed by atoms with van der Waals surface area (Å²) >= 11 is 6.25. The molecule has 0 saturated carbocycles. The molecule has 0 saturated heterocycles. The minimum atomic E-state index is -0.858. The molecule has 0 bridgehead atoms. The van der Waals surface area contributed by atoms with E-state index in [0.29, 0.717) is 12.0 Å². The van der Waals surface area contributed by atoms with Gasteiger partial charge in [-0.2, -0.15) is 0 Å². The molecule has 2 aromatic carbocycles. The lowest BCUT2D eigenvalue weighted by atomic mass is 10.00. The Balaban J connectivity index is 2.19. The van der Waals surface area contributed by atoms with E-state index < -0.39 is 11.6 Å². The van der Waals surface area contributed by atoms with Crippen LogP contribution in [0.3, 0.4) is 0 Å². The number of hydrogen-bond donors (Lipinski definition) is 0. The first-order chi connectivity index (χ1) is 8.58. The first-order valence-electron chi connectivity index (χ1n) is 5.71. The van der Waals surface area contributed by atoms with Crippen LogP contribution in [0.25, 0.3) is 0 Å². The van der Waals surface area contributed by atoms with Crippen LogP contribution >= 0.6 is 11.6 Å². The molecule has 0 amide bonds.